The van der Waals surface area contributed by atoms with Crippen molar-refractivity contribution in [3.05, 3.63) is 0 Å². The van der Waals surface area contributed by atoms with Crippen molar-refractivity contribution in [1.29, 1.82) is 0 Å². The van der Waals surface area contributed by atoms with Gasteiger partial charge in [0.1, 0.15) is 0 Å². The molecule has 0 aromatic carbocycles. The highest BCUT2D eigenvalue weighted by molar-refractivity contribution is 5.81. The molecule has 1 fully saturated rings. The summed E-state index contributed by atoms with van der Waals surface area (Å²) in [5, 5.41) is 0. The zero-order valence-electron chi connectivity index (χ0n) is 8.62. The number of rotatable bonds is 5. The Kier molecular flexibility index (Phi) is 3.72. The average molecular weight is 184 g/mol. The van der Waals surface area contributed by atoms with Crippen molar-refractivity contribution in [3.8, 4) is 0 Å². The van der Waals surface area contributed by atoms with Crippen LogP contribution < -0.4 is 5.73 Å². The van der Waals surface area contributed by atoms with Gasteiger partial charge >= 0.3 is 0 Å². The van der Waals surface area contributed by atoms with E-state index in [-0.39, 0.29) is 11.9 Å². The number of hydrogen-bond donors (Lipinski definition) is 1. The quantitative estimate of drug-likeness (QED) is 0.696. The van der Waals surface area contributed by atoms with Gasteiger partial charge in [-0.1, -0.05) is 13.3 Å². The van der Waals surface area contributed by atoms with Crippen LogP contribution in [0.25, 0.3) is 0 Å². The monoisotopic (exact) mass is 184 g/mol. The van der Waals surface area contributed by atoms with Gasteiger partial charge in [0.15, 0.2) is 0 Å². The van der Waals surface area contributed by atoms with E-state index < -0.39 is 0 Å². The van der Waals surface area contributed by atoms with Crippen molar-refractivity contribution in [2.45, 2.75) is 51.6 Å². The van der Waals surface area contributed by atoms with Crippen LogP contribution >= 0.6 is 0 Å². The molecule has 13 heavy (non-hydrogen) atoms. The lowest BCUT2D eigenvalue weighted by atomic mass is 10.2. The van der Waals surface area contributed by atoms with Crippen LogP contribution in [0.4, 0.5) is 0 Å². The molecule has 0 aromatic heterocycles. The molecule has 2 N–H and O–H groups in total. The lowest BCUT2D eigenvalue weighted by molar-refractivity contribution is -0.132. The molecule has 0 radical (unpaired) electrons. The predicted molar refractivity (Wildman–Crippen MR) is 53.3 cm³/mol. The summed E-state index contributed by atoms with van der Waals surface area (Å²) in [6, 6.07) is 0.169. The fourth-order valence-corrected chi connectivity index (χ4v) is 1.45. The average Bonchev–Trinajstić information content (AvgIpc) is 2.88. The molecule has 0 bridgehead atoms. The second kappa shape index (κ2) is 4.61. The minimum atomic E-state index is -0.336. The summed E-state index contributed by atoms with van der Waals surface area (Å²) in [5.41, 5.74) is 5.58. The molecule has 1 amide bonds. The SMILES string of the molecule is CCCCN(C(=O)[C@@H](C)N)C1CC1. The summed E-state index contributed by atoms with van der Waals surface area (Å²) < 4.78 is 0. The maximum absolute atomic E-state index is 11.6. The minimum absolute atomic E-state index is 0.121. The lowest BCUT2D eigenvalue weighted by Crippen LogP contribution is -2.43. The molecule has 1 rings (SSSR count). The number of amides is 1. The Labute approximate surface area is 80.3 Å². The molecule has 0 aliphatic heterocycles. The third-order valence-electron chi connectivity index (χ3n) is 2.41. The Hall–Kier alpha value is -0.570. The van der Waals surface area contributed by atoms with Crippen LogP contribution in [-0.4, -0.2) is 29.4 Å². The number of carbonyl (C=O) groups excluding carboxylic acids is 1. The number of unbranched alkanes of at least 4 members (excludes halogenated alkanes) is 1. The smallest absolute Gasteiger partial charge is 0.239 e. The Morgan fingerprint density at radius 2 is 2.23 bits per heavy atom. The van der Waals surface area contributed by atoms with Crippen molar-refractivity contribution in [2.24, 2.45) is 5.73 Å². The van der Waals surface area contributed by atoms with E-state index in [1.165, 1.54) is 12.8 Å². The van der Waals surface area contributed by atoms with Crippen LogP contribution in [0.15, 0.2) is 0 Å². The molecule has 1 aliphatic rings. The first-order valence-corrected chi connectivity index (χ1v) is 5.23. The molecule has 0 heterocycles. The van der Waals surface area contributed by atoms with Gasteiger partial charge in [0.2, 0.25) is 5.91 Å². The van der Waals surface area contributed by atoms with Gasteiger partial charge < -0.3 is 10.6 Å². The molecule has 3 nitrogen and oxygen atoms in total. The summed E-state index contributed by atoms with van der Waals surface area (Å²) in [5.74, 6) is 0.121. The highest BCUT2D eigenvalue weighted by atomic mass is 16.2. The molecule has 0 spiro atoms. The van der Waals surface area contributed by atoms with Crippen LogP contribution in [0, 0.1) is 0 Å². The van der Waals surface area contributed by atoms with Gasteiger partial charge in [-0.2, -0.15) is 0 Å². The summed E-state index contributed by atoms with van der Waals surface area (Å²) in [7, 11) is 0. The fourth-order valence-electron chi connectivity index (χ4n) is 1.45. The van der Waals surface area contributed by atoms with Crippen molar-refractivity contribution in [2.75, 3.05) is 6.54 Å². The molecular formula is C10H20N2O. The van der Waals surface area contributed by atoms with E-state index in [0.717, 1.165) is 19.4 Å². The van der Waals surface area contributed by atoms with Crippen molar-refractivity contribution in [1.82, 2.24) is 4.90 Å². The van der Waals surface area contributed by atoms with Gasteiger partial charge in [-0.3, -0.25) is 4.79 Å². The van der Waals surface area contributed by atoms with E-state index in [4.69, 9.17) is 5.73 Å². The summed E-state index contributed by atoms with van der Waals surface area (Å²) in [6.45, 7) is 4.80. The topological polar surface area (TPSA) is 46.3 Å². The van der Waals surface area contributed by atoms with Crippen molar-refractivity contribution in [3.63, 3.8) is 0 Å². The van der Waals surface area contributed by atoms with Crippen LogP contribution in [0.3, 0.4) is 0 Å². The first-order chi connectivity index (χ1) is 6.16. The Balaban J connectivity index is 2.41. The zero-order valence-corrected chi connectivity index (χ0v) is 8.62. The molecule has 1 aliphatic carbocycles. The maximum Gasteiger partial charge on any atom is 0.239 e. The number of carbonyl (C=O) groups is 1. The molecule has 76 valence electrons. The second-order valence-electron chi connectivity index (χ2n) is 3.91. The second-order valence-corrected chi connectivity index (χ2v) is 3.91. The van der Waals surface area contributed by atoms with E-state index in [9.17, 15) is 4.79 Å². The van der Waals surface area contributed by atoms with Crippen LogP contribution in [-0.2, 0) is 4.79 Å². The molecule has 1 atom stereocenters. The zero-order chi connectivity index (χ0) is 9.84. The summed E-state index contributed by atoms with van der Waals surface area (Å²) in [6.07, 6.45) is 4.56. The van der Waals surface area contributed by atoms with Gasteiger partial charge in [-0.15, -0.1) is 0 Å². The summed E-state index contributed by atoms with van der Waals surface area (Å²) in [4.78, 5) is 13.6. The molecule has 0 saturated heterocycles. The Morgan fingerprint density at radius 1 is 1.62 bits per heavy atom. The van der Waals surface area contributed by atoms with Gasteiger partial charge in [0.25, 0.3) is 0 Å². The molecule has 1 saturated carbocycles. The number of hydrogen-bond acceptors (Lipinski definition) is 2. The van der Waals surface area contributed by atoms with E-state index in [2.05, 4.69) is 6.92 Å². The normalized spacial score (nSPS) is 18.4. The van der Waals surface area contributed by atoms with E-state index in [0.29, 0.717) is 6.04 Å². The van der Waals surface area contributed by atoms with Crippen LogP contribution in [0.1, 0.15) is 39.5 Å². The van der Waals surface area contributed by atoms with Gasteiger partial charge in [0, 0.05) is 12.6 Å². The Morgan fingerprint density at radius 3 is 2.62 bits per heavy atom. The standard InChI is InChI=1S/C10H20N2O/c1-3-4-7-12(9-5-6-9)10(13)8(2)11/h8-9H,3-7,11H2,1-2H3/t8-/m1/s1. The largest absolute Gasteiger partial charge is 0.338 e. The fraction of sp³-hybridized carbons (Fsp3) is 0.900. The maximum atomic E-state index is 11.6. The third kappa shape index (κ3) is 2.99. The van der Waals surface area contributed by atoms with E-state index in [1.54, 1.807) is 6.92 Å². The Bertz CT molecular complexity index is 176. The van der Waals surface area contributed by atoms with Crippen LogP contribution in [0.2, 0.25) is 0 Å². The predicted octanol–water partition coefficient (Wildman–Crippen LogP) is 1.12. The lowest BCUT2D eigenvalue weighted by Gasteiger charge is -2.23. The number of nitrogens with two attached hydrogens (primary N) is 1. The van der Waals surface area contributed by atoms with Gasteiger partial charge in [-0.05, 0) is 26.2 Å². The van der Waals surface area contributed by atoms with E-state index in [1.807, 2.05) is 4.90 Å². The highest BCUT2D eigenvalue weighted by Crippen LogP contribution is 2.27. The van der Waals surface area contributed by atoms with E-state index >= 15 is 0 Å². The molecular weight excluding hydrogens is 164 g/mol. The van der Waals surface area contributed by atoms with Crippen LogP contribution in [0.5, 0.6) is 0 Å². The first-order valence-electron chi connectivity index (χ1n) is 5.23. The highest BCUT2D eigenvalue weighted by Gasteiger charge is 2.32. The number of nitrogens with zero attached hydrogens (tertiary/aromatic N) is 1. The minimum Gasteiger partial charge on any atom is -0.338 e. The summed E-state index contributed by atoms with van der Waals surface area (Å²) >= 11 is 0. The molecule has 0 unspecified atom stereocenters. The third-order valence-corrected chi connectivity index (χ3v) is 2.41. The molecule has 0 aromatic rings. The first kappa shape index (κ1) is 10.5. The molecule has 3 heteroatoms. The van der Waals surface area contributed by atoms with Crippen molar-refractivity contribution >= 4 is 5.91 Å². The van der Waals surface area contributed by atoms with Gasteiger partial charge in [-0.25, -0.2) is 0 Å². The van der Waals surface area contributed by atoms with Crippen molar-refractivity contribution < 1.29 is 4.79 Å². The van der Waals surface area contributed by atoms with Gasteiger partial charge in [0.05, 0.1) is 6.04 Å².